The molecule has 0 fully saturated rings. The summed E-state index contributed by atoms with van der Waals surface area (Å²) < 4.78 is 0. The van der Waals surface area contributed by atoms with Crippen LogP contribution in [0, 0.1) is 0 Å². The van der Waals surface area contributed by atoms with Crippen LogP contribution in [0.2, 0.25) is 0 Å². The van der Waals surface area contributed by atoms with E-state index in [4.69, 9.17) is 5.73 Å². The number of nitrogens with one attached hydrogen (secondary N) is 2. The minimum atomic E-state index is -0.134. The summed E-state index contributed by atoms with van der Waals surface area (Å²) in [4.78, 5) is 11.9. The Kier molecular flexibility index (Phi) is 5.52. The highest BCUT2D eigenvalue weighted by Crippen LogP contribution is 2.10. The number of rotatable bonds is 7. The number of hydrogen-bond acceptors (Lipinski definition) is 3. The second kappa shape index (κ2) is 6.93. The Labute approximate surface area is 102 Å². The number of H-pyrrole nitrogens is 1. The van der Waals surface area contributed by atoms with Gasteiger partial charge in [0, 0.05) is 6.04 Å². The Bertz CT molecular complexity index is 348. The third kappa shape index (κ3) is 4.09. The molecule has 1 aromatic heterocycles. The maximum absolute atomic E-state index is 11.9. The second-order valence-electron chi connectivity index (χ2n) is 4.30. The highest BCUT2D eigenvalue weighted by molar-refractivity contribution is 5.98. The summed E-state index contributed by atoms with van der Waals surface area (Å²) in [5.74, 6) is 0.194. The van der Waals surface area contributed by atoms with Gasteiger partial charge in [0.25, 0.3) is 5.91 Å². The molecule has 4 N–H and O–H groups in total. The minimum Gasteiger partial charge on any atom is -0.383 e. The Balaban J connectivity index is 2.54. The van der Waals surface area contributed by atoms with Crippen LogP contribution in [-0.2, 0) is 0 Å². The van der Waals surface area contributed by atoms with Crippen molar-refractivity contribution in [3.05, 3.63) is 11.8 Å². The molecule has 1 amide bonds. The van der Waals surface area contributed by atoms with E-state index in [1.54, 1.807) is 0 Å². The number of nitrogens with zero attached hydrogens (tertiary/aromatic N) is 1. The standard InChI is InChI=1S/C12H22N4O/c1-3-5-7-9(6-4-2)15-12(17)10-8-14-16-11(10)13/h8-9H,3-7H2,1-2H3,(H,15,17)(H3,13,14,16). The van der Waals surface area contributed by atoms with Gasteiger partial charge in [-0.3, -0.25) is 9.89 Å². The van der Waals surface area contributed by atoms with Crippen molar-refractivity contribution in [2.75, 3.05) is 5.73 Å². The molecule has 96 valence electrons. The van der Waals surface area contributed by atoms with Crippen molar-refractivity contribution in [1.29, 1.82) is 0 Å². The fourth-order valence-electron chi connectivity index (χ4n) is 1.83. The van der Waals surface area contributed by atoms with E-state index in [9.17, 15) is 4.79 Å². The Morgan fingerprint density at radius 2 is 2.24 bits per heavy atom. The van der Waals surface area contributed by atoms with Crippen LogP contribution in [0.1, 0.15) is 56.3 Å². The zero-order valence-corrected chi connectivity index (χ0v) is 10.6. The van der Waals surface area contributed by atoms with Crippen molar-refractivity contribution in [2.24, 2.45) is 0 Å². The molecule has 0 aliphatic carbocycles. The summed E-state index contributed by atoms with van der Waals surface area (Å²) in [5.41, 5.74) is 6.05. The molecule has 1 atom stereocenters. The molecule has 0 radical (unpaired) electrons. The molecule has 0 aromatic carbocycles. The first-order chi connectivity index (χ1) is 8.19. The third-order valence-electron chi connectivity index (χ3n) is 2.79. The molecule has 1 unspecified atom stereocenters. The number of anilines is 1. The fourth-order valence-corrected chi connectivity index (χ4v) is 1.83. The van der Waals surface area contributed by atoms with Crippen LogP contribution < -0.4 is 11.1 Å². The molecular weight excluding hydrogens is 216 g/mol. The highest BCUT2D eigenvalue weighted by Gasteiger charge is 2.15. The molecule has 1 heterocycles. The molecule has 0 bridgehead atoms. The first-order valence-corrected chi connectivity index (χ1v) is 6.28. The van der Waals surface area contributed by atoms with Gasteiger partial charge >= 0.3 is 0 Å². The van der Waals surface area contributed by atoms with Gasteiger partial charge < -0.3 is 11.1 Å². The normalized spacial score (nSPS) is 12.4. The molecule has 0 spiro atoms. The number of hydrogen-bond donors (Lipinski definition) is 3. The van der Waals surface area contributed by atoms with Gasteiger partial charge in [-0.2, -0.15) is 5.10 Å². The van der Waals surface area contributed by atoms with Gasteiger partial charge in [-0.05, 0) is 12.8 Å². The van der Waals surface area contributed by atoms with E-state index in [1.165, 1.54) is 6.20 Å². The molecule has 0 saturated heterocycles. The number of aromatic amines is 1. The van der Waals surface area contributed by atoms with Crippen molar-refractivity contribution in [2.45, 2.75) is 52.0 Å². The van der Waals surface area contributed by atoms with Gasteiger partial charge in [0.15, 0.2) is 0 Å². The van der Waals surface area contributed by atoms with Gasteiger partial charge in [0.2, 0.25) is 0 Å². The molecule has 1 aromatic rings. The second-order valence-corrected chi connectivity index (χ2v) is 4.30. The summed E-state index contributed by atoms with van der Waals surface area (Å²) in [6.07, 6.45) is 6.83. The first kappa shape index (κ1) is 13.5. The van der Waals surface area contributed by atoms with E-state index >= 15 is 0 Å². The Hall–Kier alpha value is -1.52. The average Bonchev–Trinajstić information content (AvgIpc) is 2.72. The van der Waals surface area contributed by atoms with Crippen molar-refractivity contribution in [1.82, 2.24) is 15.5 Å². The zero-order chi connectivity index (χ0) is 12.7. The molecule has 17 heavy (non-hydrogen) atoms. The lowest BCUT2D eigenvalue weighted by molar-refractivity contribution is 0.0933. The smallest absolute Gasteiger partial charge is 0.256 e. The van der Waals surface area contributed by atoms with Gasteiger partial charge in [-0.15, -0.1) is 0 Å². The van der Waals surface area contributed by atoms with Gasteiger partial charge in [-0.1, -0.05) is 33.1 Å². The summed E-state index contributed by atoms with van der Waals surface area (Å²) >= 11 is 0. The van der Waals surface area contributed by atoms with E-state index in [1.807, 2.05) is 0 Å². The summed E-state index contributed by atoms with van der Waals surface area (Å²) in [6, 6.07) is 0.238. The van der Waals surface area contributed by atoms with Crippen molar-refractivity contribution >= 4 is 11.7 Å². The van der Waals surface area contributed by atoms with Gasteiger partial charge in [-0.25, -0.2) is 0 Å². The van der Waals surface area contributed by atoms with Gasteiger partial charge in [0.05, 0.1) is 6.20 Å². The quantitative estimate of drug-likeness (QED) is 0.680. The average molecular weight is 238 g/mol. The third-order valence-corrected chi connectivity index (χ3v) is 2.79. The maximum atomic E-state index is 11.9. The topological polar surface area (TPSA) is 83.8 Å². The number of carbonyl (C=O) groups is 1. The molecule has 0 saturated carbocycles. The van der Waals surface area contributed by atoms with Crippen LogP contribution in [0.3, 0.4) is 0 Å². The lowest BCUT2D eigenvalue weighted by atomic mass is 10.0. The van der Waals surface area contributed by atoms with Crippen LogP contribution in [0.25, 0.3) is 0 Å². The monoisotopic (exact) mass is 238 g/mol. The van der Waals surface area contributed by atoms with Crippen LogP contribution in [-0.4, -0.2) is 22.1 Å². The van der Waals surface area contributed by atoms with Gasteiger partial charge in [0.1, 0.15) is 11.4 Å². The Morgan fingerprint density at radius 3 is 2.76 bits per heavy atom. The van der Waals surface area contributed by atoms with Crippen LogP contribution >= 0.6 is 0 Å². The molecule has 1 rings (SSSR count). The zero-order valence-electron chi connectivity index (χ0n) is 10.6. The van der Waals surface area contributed by atoms with E-state index in [2.05, 4.69) is 29.4 Å². The number of carbonyl (C=O) groups excluding carboxylic acids is 1. The number of amides is 1. The SMILES string of the molecule is CCCCC(CCC)NC(=O)c1cn[nH]c1N. The number of nitrogens with two attached hydrogens (primary N) is 1. The first-order valence-electron chi connectivity index (χ1n) is 6.28. The minimum absolute atomic E-state index is 0.134. The lowest BCUT2D eigenvalue weighted by Gasteiger charge is -2.17. The number of nitrogen functional groups attached to an aromatic ring is 1. The van der Waals surface area contributed by atoms with Crippen molar-refractivity contribution in [3.8, 4) is 0 Å². The fraction of sp³-hybridized carbons (Fsp3) is 0.667. The maximum Gasteiger partial charge on any atom is 0.256 e. The molecule has 0 aliphatic heterocycles. The predicted molar refractivity (Wildman–Crippen MR) is 68.7 cm³/mol. The predicted octanol–water partition coefficient (Wildman–Crippen LogP) is 2.08. The molecule has 5 nitrogen and oxygen atoms in total. The van der Waals surface area contributed by atoms with Crippen molar-refractivity contribution in [3.63, 3.8) is 0 Å². The number of aromatic nitrogens is 2. The summed E-state index contributed by atoms with van der Waals surface area (Å²) in [7, 11) is 0. The largest absolute Gasteiger partial charge is 0.383 e. The van der Waals surface area contributed by atoms with Crippen LogP contribution in [0.5, 0.6) is 0 Å². The van der Waals surface area contributed by atoms with Crippen LogP contribution in [0.4, 0.5) is 5.82 Å². The molecule has 0 aliphatic rings. The summed E-state index contributed by atoms with van der Waals surface area (Å²) in [6.45, 7) is 4.27. The highest BCUT2D eigenvalue weighted by atomic mass is 16.1. The molecular formula is C12H22N4O. The van der Waals surface area contributed by atoms with E-state index < -0.39 is 0 Å². The molecule has 5 heteroatoms. The lowest BCUT2D eigenvalue weighted by Crippen LogP contribution is -2.34. The van der Waals surface area contributed by atoms with E-state index in [0.29, 0.717) is 11.4 Å². The Morgan fingerprint density at radius 1 is 1.47 bits per heavy atom. The summed E-state index contributed by atoms with van der Waals surface area (Å²) in [5, 5.41) is 9.33. The number of unbranched alkanes of at least 4 members (excludes halogenated alkanes) is 1. The van der Waals surface area contributed by atoms with Crippen LogP contribution in [0.15, 0.2) is 6.20 Å². The van der Waals surface area contributed by atoms with E-state index in [-0.39, 0.29) is 11.9 Å². The van der Waals surface area contributed by atoms with E-state index in [0.717, 1.165) is 32.1 Å². The van der Waals surface area contributed by atoms with Crippen molar-refractivity contribution < 1.29 is 4.79 Å².